The quantitative estimate of drug-likeness (QED) is 0.177. The van der Waals surface area contributed by atoms with Crippen LogP contribution >= 0.6 is 11.3 Å². The number of fused-ring (bicyclic) bond motifs is 13. The fourth-order valence-electron chi connectivity index (χ4n) is 10.3. The molecule has 63 heavy (non-hydrogen) atoms. The SMILES string of the molecule is c1cc(-c2nc3ccccc3nc2-c2cccc3c2sc2ccccc23)cc(-n2c3ccccc3c3cc4c(-n5c6ccccc6c6ccc7ccccc7c65)cccc4cc32)c1. The van der Waals surface area contributed by atoms with Crippen LogP contribution in [0.25, 0.3) is 130 Å². The molecule has 0 radical (unpaired) electrons. The van der Waals surface area contributed by atoms with Crippen LogP contribution < -0.4 is 0 Å². The van der Waals surface area contributed by atoms with Crippen molar-refractivity contribution in [2.24, 2.45) is 0 Å². The van der Waals surface area contributed by atoms with Gasteiger partial charge in [-0.25, -0.2) is 9.97 Å². The van der Waals surface area contributed by atoms with E-state index < -0.39 is 0 Å². The highest BCUT2D eigenvalue weighted by atomic mass is 32.1. The maximum absolute atomic E-state index is 5.40. The van der Waals surface area contributed by atoms with E-state index in [9.17, 15) is 0 Å². The van der Waals surface area contributed by atoms with Gasteiger partial charge in [-0.3, -0.25) is 0 Å². The molecular formula is C58H34N4S. The fraction of sp³-hybridized carbons (Fsp3) is 0. The molecule has 0 unspecified atom stereocenters. The largest absolute Gasteiger partial charge is 0.309 e. The summed E-state index contributed by atoms with van der Waals surface area (Å²) in [5.74, 6) is 0. The van der Waals surface area contributed by atoms with E-state index >= 15 is 0 Å². The van der Waals surface area contributed by atoms with Crippen LogP contribution in [0.5, 0.6) is 0 Å². The normalized spacial score (nSPS) is 12.1. The lowest BCUT2D eigenvalue weighted by atomic mass is 10.0. The van der Waals surface area contributed by atoms with Crippen molar-refractivity contribution in [1.29, 1.82) is 0 Å². The maximum Gasteiger partial charge on any atom is 0.0987 e. The number of benzene rings is 10. The Kier molecular flexibility index (Phi) is 7.24. The Morgan fingerprint density at radius 1 is 0.365 bits per heavy atom. The van der Waals surface area contributed by atoms with Crippen LogP contribution in [-0.2, 0) is 0 Å². The molecule has 0 amide bonds. The minimum atomic E-state index is 0.870. The van der Waals surface area contributed by atoms with Crippen molar-refractivity contribution in [1.82, 2.24) is 19.1 Å². The standard InChI is InChI=1S/C58H34N4S/c1-2-18-39-35(14-1)30-31-43-40-19-3-9-27-51(40)62(57(39)43)52-28-12-15-36-33-53-47(34-46(36)52)41-20-4-8-26-50(41)61(53)38-17-11-16-37(32-38)55-56(60-49-25-7-6-24-48(49)59-55)45-23-13-22-44-42-21-5-10-29-54(42)63-58(44)45/h1-34H. The molecule has 10 aromatic carbocycles. The topological polar surface area (TPSA) is 35.6 Å². The molecule has 0 atom stereocenters. The number of para-hydroxylation sites is 4. The van der Waals surface area contributed by atoms with Gasteiger partial charge in [0.1, 0.15) is 0 Å². The van der Waals surface area contributed by atoms with E-state index in [4.69, 9.17) is 9.97 Å². The van der Waals surface area contributed by atoms with E-state index in [1.54, 1.807) is 0 Å². The first-order valence-corrected chi connectivity index (χ1v) is 22.2. The van der Waals surface area contributed by atoms with Crippen LogP contribution in [0.3, 0.4) is 0 Å². The summed E-state index contributed by atoms with van der Waals surface area (Å²) in [6, 6.07) is 74.8. The molecule has 14 aromatic rings. The number of aromatic nitrogens is 4. The number of nitrogens with zero attached hydrogens (tertiary/aromatic N) is 4. The van der Waals surface area contributed by atoms with Gasteiger partial charge in [-0.15, -0.1) is 11.3 Å². The van der Waals surface area contributed by atoms with E-state index in [1.165, 1.54) is 80.0 Å². The fourth-order valence-corrected chi connectivity index (χ4v) is 11.5. The second-order valence-electron chi connectivity index (χ2n) is 16.5. The molecule has 0 saturated heterocycles. The van der Waals surface area contributed by atoms with E-state index in [1.807, 2.05) is 23.5 Å². The Morgan fingerprint density at radius 3 is 1.87 bits per heavy atom. The summed E-state index contributed by atoms with van der Waals surface area (Å²) in [5.41, 5.74) is 12.6. The lowest BCUT2D eigenvalue weighted by Gasteiger charge is -2.15. The summed E-state index contributed by atoms with van der Waals surface area (Å²) in [7, 11) is 0. The molecule has 0 aliphatic carbocycles. The monoisotopic (exact) mass is 818 g/mol. The van der Waals surface area contributed by atoms with E-state index in [0.29, 0.717) is 0 Å². The molecule has 0 spiro atoms. The van der Waals surface area contributed by atoms with Crippen molar-refractivity contribution in [3.8, 4) is 33.9 Å². The maximum atomic E-state index is 5.40. The molecule has 4 heterocycles. The van der Waals surface area contributed by atoms with Crippen LogP contribution in [-0.4, -0.2) is 19.1 Å². The van der Waals surface area contributed by atoms with E-state index in [2.05, 4.69) is 203 Å². The molecule has 0 saturated carbocycles. The van der Waals surface area contributed by atoms with Crippen molar-refractivity contribution in [3.63, 3.8) is 0 Å². The molecule has 0 aliphatic heterocycles. The predicted octanol–water partition coefficient (Wildman–Crippen LogP) is 15.8. The van der Waals surface area contributed by atoms with Gasteiger partial charge < -0.3 is 9.13 Å². The lowest BCUT2D eigenvalue weighted by molar-refractivity contribution is 1.18. The zero-order chi connectivity index (χ0) is 41.2. The molecule has 14 rings (SSSR count). The Balaban J connectivity index is 1.00. The smallest absolute Gasteiger partial charge is 0.0987 e. The summed E-state index contributed by atoms with van der Waals surface area (Å²) in [5, 5.41) is 12.3. The van der Waals surface area contributed by atoms with Gasteiger partial charge in [-0.1, -0.05) is 146 Å². The molecule has 0 fully saturated rings. The summed E-state index contributed by atoms with van der Waals surface area (Å²) >= 11 is 1.82. The van der Waals surface area contributed by atoms with Crippen molar-refractivity contribution in [3.05, 3.63) is 206 Å². The third-order valence-electron chi connectivity index (χ3n) is 13.1. The lowest BCUT2D eigenvalue weighted by Crippen LogP contribution is -1.98. The van der Waals surface area contributed by atoms with Crippen LogP contribution in [0.1, 0.15) is 0 Å². The second kappa shape index (κ2) is 13.2. The first-order valence-electron chi connectivity index (χ1n) is 21.4. The molecular weight excluding hydrogens is 785 g/mol. The first-order chi connectivity index (χ1) is 31.2. The average Bonchev–Trinajstić information content (AvgIpc) is 4.00. The van der Waals surface area contributed by atoms with Gasteiger partial charge in [0.15, 0.2) is 0 Å². The molecule has 5 heteroatoms. The minimum absolute atomic E-state index is 0.870. The third kappa shape index (κ3) is 5.03. The summed E-state index contributed by atoms with van der Waals surface area (Å²) < 4.78 is 7.41. The molecule has 292 valence electrons. The zero-order valence-electron chi connectivity index (χ0n) is 33.8. The number of hydrogen-bond acceptors (Lipinski definition) is 3. The molecule has 0 N–H and O–H groups in total. The van der Waals surface area contributed by atoms with Crippen molar-refractivity contribution < 1.29 is 0 Å². The predicted molar refractivity (Wildman–Crippen MR) is 267 cm³/mol. The highest BCUT2D eigenvalue weighted by molar-refractivity contribution is 7.26. The van der Waals surface area contributed by atoms with Gasteiger partial charge in [-0.2, -0.15) is 0 Å². The molecule has 4 aromatic heterocycles. The van der Waals surface area contributed by atoms with Gasteiger partial charge in [0.05, 0.1) is 50.2 Å². The number of thiophene rings is 1. The van der Waals surface area contributed by atoms with Gasteiger partial charge in [0, 0.05) is 69.3 Å². The van der Waals surface area contributed by atoms with Gasteiger partial charge in [-0.05, 0) is 71.4 Å². The highest BCUT2D eigenvalue weighted by Gasteiger charge is 2.21. The van der Waals surface area contributed by atoms with Gasteiger partial charge >= 0.3 is 0 Å². The Bertz CT molecular complexity index is 4230. The van der Waals surface area contributed by atoms with Crippen LogP contribution in [0.4, 0.5) is 0 Å². The zero-order valence-corrected chi connectivity index (χ0v) is 34.6. The van der Waals surface area contributed by atoms with Crippen LogP contribution in [0.15, 0.2) is 206 Å². The molecule has 0 bridgehead atoms. The van der Waals surface area contributed by atoms with Crippen molar-refractivity contribution >= 4 is 108 Å². The Morgan fingerprint density at radius 2 is 1.02 bits per heavy atom. The molecule has 0 aliphatic rings. The van der Waals surface area contributed by atoms with E-state index in [-0.39, 0.29) is 0 Å². The number of rotatable bonds is 4. The third-order valence-corrected chi connectivity index (χ3v) is 14.3. The van der Waals surface area contributed by atoms with Gasteiger partial charge in [0.25, 0.3) is 0 Å². The van der Waals surface area contributed by atoms with Gasteiger partial charge in [0.2, 0.25) is 0 Å². The molecule has 4 nitrogen and oxygen atoms in total. The van der Waals surface area contributed by atoms with Crippen LogP contribution in [0, 0.1) is 0 Å². The Labute approximate surface area is 365 Å². The second-order valence-corrected chi connectivity index (χ2v) is 17.5. The average molecular weight is 819 g/mol. The van der Waals surface area contributed by atoms with Crippen molar-refractivity contribution in [2.45, 2.75) is 0 Å². The van der Waals surface area contributed by atoms with Crippen molar-refractivity contribution in [2.75, 3.05) is 0 Å². The minimum Gasteiger partial charge on any atom is -0.309 e. The highest BCUT2D eigenvalue weighted by Crippen LogP contribution is 2.44. The van der Waals surface area contributed by atoms with Crippen LogP contribution in [0.2, 0.25) is 0 Å². The summed E-state index contributed by atoms with van der Waals surface area (Å²) in [4.78, 5) is 10.8. The van der Waals surface area contributed by atoms with E-state index in [0.717, 1.165) is 50.3 Å². The summed E-state index contributed by atoms with van der Waals surface area (Å²) in [6.07, 6.45) is 0. The number of hydrogen-bond donors (Lipinski definition) is 0. The first kappa shape index (κ1) is 34.6. The Hall–Kier alpha value is -8.12. The summed E-state index contributed by atoms with van der Waals surface area (Å²) in [6.45, 7) is 0.